The fraction of sp³-hybridized carbons (Fsp3) is 0.400. The lowest BCUT2D eigenvalue weighted by atomic mass is 10.1. The number of alkyl carbamates (subject to hydrolysis) is 1. The maximum absolute atomic E-state index is 12.9. The summed E-state index contributed by atoms with van der Waals surface area (Å²) in [5.41, 5.74) is 0.877. The number of aromatic nitrogens is 4. The number of alkyl halides is 3. The number of tetrazole rings is 1. The zero-order chi connectivity index (χ0) is 29.0. The number of hydrogen-bond acceptors (Lipinski definition) is 9. The Morgan fingerprint density at radius 2 is 1.62 bits per heavy atom. The van der Waals surface area contributed by atoms with E-state index in [1.807, 2.05) is 0 Å². The Morgan fingerprint density at radius 3 is 2.23 bits per heavy atom. The van der Waals surface area contributed by atoms with Crippen LogP contribution in [0.1, 0.15) is 22.8 Å². The Kier molecular flexibility index (Phi) is 11.2. The molecule has 0 bridgehead atoms. The molecular weight excluding hydrogens is 535 g/mol. The summed E-state index contributed by atoms with van der Waals surface area (Å²) in [5, 5.41) is 20.3. The van der Waals surface area contributed by atoms with Crippen LogP contribution in [0.25, 0.3) is 11.4 Å². The highest BCUT2D eigenvalue weighted by atomic mass is 19.4. The summed E-state index contributed by atoms with van der Waals surface area (Å²) < 4.78 is 54.2. The number of amides is 2. The molecule has 3 aromatic rings. The van der Waals surface area contributed by atoms with Gasteiger partial charge in [-0.25, -0.2) is 4.79 Å². The Morgan fingerprint density at radius 1 is 0.950 bits per heavy atom. The highest BCUT2D eigenvalue weighted by Gasteiger charge is 2.30. The second kappa shape index (κ2) is 14.8. The molecule has 2 aromatic carbocycles. The summed E-state index contributed by atoms with van der Waals surface area (Å²) in [6.07, 6.45) is -4.94. The fourth-order valence-corrected chi connectivity index (χ4v) is 3.34. The van der Waals surface area contributed by atoms with Crippen molar-refractivity contribution in [2.24, 2.45) is 7.05 Å². The third kappa shape index (κ3) is 9.50. The molecule has 1 heterocycles. The first-order chi connectivity index (χ1) is 19.2. The number of carbonyl (C=O) groups excluding carboxylic acids is 2. The van der Waals surface area contributed by atoms with Gasteiger partial charge in [0.25, 0.3) is 5.91 Å². The average molecular weight is 566 g/mol. The van der Waals surface area contributed by atoms with Crippen LogP contribution in [0.3, 0.4) is 0 Å². The summed E-state index contributed by atoms with van der Waals surface area (Å²) in [5.74, 6) is -0.136. The molecule has 0 atom stereocenters. The molecule has 3 N–H and O–H groups in total. The van der Waals surface area contributed by atoms with Crippen LogP contribution in [0, 0.1) is 0 Å². The van der Waals surface area contributed by atoms with Gasteiger partial charge in [-0.2, -0.15) is 18.0 Å². The Balaban J connectivity index is 1.51. The predicted molar refractivity (Wildman–Crippen MR) is 138 cm³/mol. The van der Waals surface area contributed by atoms with E-state index in [0.29, 0.717) is 55.5 Å². The number of carbonyl (C=O) groups is 2. The van der Waals surface area contributed by atoms with Crippen LogP contribution in [-0.2, 0) is 27.4 Å². The van der Waals surface area contributed by atoms with Gasteiger partial charge in [0.1, 0.15) is 0 Å². The third-order valence-electron chi connectivity index (χ3n) is 5.22. The quantitative estimate of drug-likeness (QED) is 0.251. The highest BCUT2D eigenvalue weighted by molar-refractivity contribution is 5.97. The molecule has 40 heavy (non-hydrogen) atoms. The minimum absolute atomic E-state index is 0.229. The van der Waals surface area contributed by atoms with Gasteiger partial charge >= 0.3 is 12.3 Å². The summed E-state index contributed by atoms with van der Waals surface area (Å²) in [6, 6.07) is 9.32. The van der Waals surface area contributed by atoms with Crippen LogP contribution in [-0.4, -0.2) is 78.3 Å². The molecule has 2 amide bonds. The lowest BCUT2D eigenvalue weighted by Crippen LogP contribution is -2.29. The van der Waals surface area contributed by atoms with Gasteiger partial charge in [-0.1, -0.05) is 0 Å². The zero-order valence-corrected chi connectivity index (χ0v) is 22.0. The van der Waals surface area contributed by atoms with Gasteiger partial charge in [0.05, 0.1) is 45.6 Å². The van der Waals surface area contributed by atoms with Crippen LogP contribution < -0.4 is 16.0 Å². The lowest BCUT2D eigenvalue weighted by Gasteiger charge is -2.13. The summed E-state index contributed by atoms with van der Waals surface area (Å²) in [7, 11) is 1.58. The van der Waals surface area contributed by atoms with Gasteiger partial charge < -0.3 is 30.2 Å². The van der Waals surface area contributed by atoms with Crippen LogP contribution in [0.2, 0.25) is 0 Å². The van der Waals surface area contributed by atoms with E-state index in [0.717, 1.165) is 12.1 Å². The summed E-state index contributed by atoms with van der Waals surface area (Å²) in [6.45, 7) is 3.77. The van der Waals surface area contributed by atoms with E-state index < -0.39 is 17.8 Å². The van der Waals surface area contributed by atoms with Crippen molar-refractivity contribution < 1.29 is 37.0 Å². The van der Waals surface area contributed by atoms with Crippen molar-refractivity contribution in [2.75, 3.05) is 51.4 Å². The predicted octanol–water partition coefficient (Wildman–Crippen LogP) is 3.15. The summed E-state index contributed by atoms with van der Waals surface area (Å²) in [4.78, 5) is 25.1. The molecule has 0 aliphatic heterocycles. The van der Waals surface area contributed by atoms with Crippen molar-refractivity contribution in [1.82, 2.24) is 30.8 Å². The molecule has 0 spiro atoms. The average Bonchev–Trinajstić information content (AvgIpc) is 3.35. The maximum Gasteiger partial charge on any atom is 0.416 e. The number of benzene rings is 2. The zero-order valence-electron chi connectivity index (χ0n) is 22.0. The van der Waals surface area contributed by atoms with Gasteiger partial charge in [-0.05, 0) is 54.6 Å². The number of hydrogen-bond donors (Lipinski definition) is 3. The first kappa shape index (κ1) is 30.3. The van der Waals surface area contributed by atoms with Crippen molar-refractivity contribution in [3.8, 4) is 11.4 Å². The molecule has 0 aliphatic carbocycles. The fourth-order valence-electron chi connectivity index (χ4n) is 3.34. The minimum Gasteiger partial charge on any atom is -0.450 e. The number of nitrogens with one attached hydrogen (secondary N) is 3. The number of halogens is 3. The standard InChI is InChI=1S/C25H30F3N7O5/c1-3-40-24(37)30-11-13-39-15-14-38-12-10-29-23(36)17-4-9-21(20(16-17)22-32-34-35(2)33-22)31-19-7-5-18(6-8-19)25(26,27)28/h4-9,16,31H,3,10-15H2,1-2H3,(H,29,36)(H,30,37). The normalized spacial score (nSPS) is 11.2. The van der Waals surface area contributed by atoms with Gasteiger partial charge in [0, 0.05) is 35.6 Å². The van der Waals surface area contributed by atoms with Gasteiger partial charge in [-0.3, -0.25) is 4.79 Å². The van der Waals surface area contributed by atoms with Crippen LogP contribution >= 0.6 is 0 Å². The molecule has 0 saturated carbocycles. The van der Waals surface area contributed by atoms with Gasteiger partial charge in [0.2, 0.25) is 5.82 Å². The molecular formula is C25H30F3N7O5. The van der Waals surface area contributed by atoms with Gasteiger partial charge in [0.15, 0.2) is 0 Å². The van der Waals surface area contributed by atoms with E-state index in [4.69, 9.17) is 14.2 Å². The smallest absolute Gasteiger partial charge is 0.416 e. The van der Waals surface area contributed by atoms with E-state index in [1.165, 1.54) is 16.9 Å². The monoisotopic (exact) mass is 565 g/mol. The first-order valence-corrected chi connectivity index (χ1v) is 12.3. The molecule has 0 unspecified atom stereocenters. The Labute approximate surface area is 228 Å². The molecule has 0 fully saturated rings. The number of anilines is 2. The molecule has 0 saturated heterocycles. The second-order valence-electron chi connectivity index (χ2n) is 8.19. The molecule has 1 aromatic heterocycles. The van der Waals surface area contributed by atoms with Gasteiger partial charge in [-0.15, -0.1) is 10.2 Å². The molecule has 0 aliphatic rings. The largest absolute Gasteiger partial charge is 0.450 e. The van der Waals surface area contributed by atoms with E-state index in [2.05, 4.69) is 31.4 Å². The lowest BCUT2D eigenvalue weighted by molar-refractivity contribution is -0.137. The Hall–Kier alpha value is -4.24. The van der Waals surface area contributed by atoms with Crippen molar-refractivity contribution in [1.29, 1.82) is 0 Å². The molecule has 3 rings (SSSR count). The van der Waals surface area contributed by atoms with E-state index in [1.54, 1.807) is 32.2 Å². The van der Waals surface area contributed by atoms with E-state index in [9.17, 15) is 22.8 Å². The molecule has 12 nitrogen and oxygen atoms in total. The topological polar surface area (TPSA) is 142 Å². The van der Waals surface area contributed by atoms with Crippen LogP contribution in [0.5, 0.6) is 0 Å². The highest BCUT2D eigenvalue weighted by Crippen LogP contribution is 2.32. The molecule has 15 heteroatoms. The van der Waals surface area contributed by atoms with Crippen molar-refractivity contribution in [3.63, 3.8) is 0 Å². The summed E-state index contributed by atoms with van der Waals surface area (Å²) >= 11 is 0. The number of ether oxygens (including phenoxy) is 3. The van der Waals surface area contributed by atoms with Crippen molar-refractivity contribution in [3.05, 3.63) is 53.6 Å². The SMILES string of the molecule is CCOC(=O)NCCOCCOCCNC(=O)c1ccc(Nc2ccc(C(F)(F)F)cc2)c(-c2nnn(C)n2)c1. The molecule has 216 valence electrons. The molecule has 0 radical (unpaired) electrons. The number of nitrogens with zero attached hydrogens (tertiary/aromatic N) is 4. The maximum atomic E-state index is 12.9. The van der Waals surface area contributed by atoms with E-state index >= 15 is 0 Å². The van der Waals surface area contributed by atoms with Crippen LogP contribution in [0.4, 0.5) is 29.3 Å². The minimum atomic E-state index is -4.44. The number of rotatable bonds is 14. The van der Waals surface area contributed by atoms with E-state index in [-0.39, 0.29) is 24.9 Å². The van der Waals surface area contributed by atoms with Crippen LogP contribution in [0.15, 0.2) is 42.5 Å². The van der Waals surface area contributed by atoms with Crippen molar-refractivity contribution >= 4 is 23.4 Å². The number of aryl methyl sites for hydroxylation is 1. The Bertz CT molecular complexity index is 1250. The third-order valence-corrected chi connectivity index (χ3v) is 5.22. The first-order valence-electron chi connectivity index (χ1n) is 12.3. The second-order valence-corrected chi connectivity index (χ2v) is 8.19. The van der Waals surface area contributed by atoms with Crippen molar-refractivity contribution in [2.45, 2.75) is 13.1 Å².